The van der Waals surface area contributed by atoms with Gasteiger partial charge in [-0.25, -0.2) is 0 Å². The van der Waals surface area contributed by atoms with Gasteiger partial charge in [-0.05, 0) is 51.0 Å². The molecule has 1 saturated carbocycles. The average Bonchev–Trinajstić information content (AvgIpc) is 2.71. The fourth-order valence-corrected chi connectivity index (χ4v) is 5.69. The van der Waals surface area contributed by atoms with Crippen molar-refractivity contribution >= 4 is 0 Å². The summed E-state index contributed by atoms with van der Waals surface area (Å²) in [5, 5.41) is 0. The van der Waals surface area contributed by atoms with E-state index < -0.39 is 0 Å². The Morgan fingerprint density at radius 2 is 1.86 bits per heavy atom. The molecule has 2 bridgehead atoms. The number of nitrogens with zero attached hydrogens (tertiary/aromatic N) is 2. The molecule has 0 aromatic rings. The van der Waals surface area contributed by atoms with E-state index in [-0.39, 0.29) is 5.54 Å². The van der Waals surface area contributed by atoms with Crippen molar-refractivity contribution in [3.05, 3.63) is 0 Å². The van der Waals surface area contributed by atoms with Crippen molar-refractivity contribution in [3.63, 3.8) is 0 Å². The second-order valence-electron chi connectivity index (χ2n) is 8.19. The second-order valence-corrected chi connectivity index (χ2v) is 8.19. The zero-order valence-corrected chi connectivity index (χ0v) is 14.4. The number of fused-ring (bicyclic) bond motifs is 2. The van der Waals surface area contributed by atoms with Crippen LogP contribution in [0.4, 0.5) is 0 Å². The van der Waals surface area contributed by atoms with Gasteiger partial charge in [-0.2, -0.15) is 0 Å². The fourth-order valence-electron chi connectivity index (χ4n) is 5.69. The molecule has 1 aliphatic carbocycles. The Hall–Kier alpha value is -0.120. The van der Waals surface area contributed by atoms with E-state index in [1.165, 1.54) is 58.0 Å². The summed E-state index contributed by atoms with van der Waals surface area (Å²) in [5.74, 6) is 1.55. The lowest BCUT2D eigenvalue weighted by Gasteiger charge is -2.53. The van der Waals surface area contributed by atoms with Crippen LogP contribution in [0.2, 0.25) is 0 Å². The molecule has 4 unspecified atom stereocenters. The highest BCUT2D eigenvalue weighted by atomic mass is 15.3. The molecule has 3 fully saturated rings. The molecule has 0 aromatic carbocycles. The highest BCUT2D eigenvalue weighted by molar-refractivity contribution is 5.04. The Morgan fingerprint density at radius 1 is 1.10 bits per heavy atom. The quantitative estimate of drug-likeness (QED) is 0.868. The zero-order valence-electron chi connectivity index (χ0n) is 14.4. The van der Waals surface area contributed by atoms with E-state index in [9.17, 15) is 0 Å². The molecular weight excluding hydrogens is 258 g/mol. The van der Waals surface area contributed by atoms with E-state index in [1.807, 2.05) is 0 Å². The molecule has 3 heteroatoms. The molecule has 0 spiro atoms. The van der Waals surface area contributed by atoms with Crippen molar-refractivity contribution in [1.82, 2.24) is 9.80 Å². The van der Waals surface area contributed by atoms with Gasteiger partial charge in [-0.1, -0.05) is 26.7 Å². The molecule has 3 rings (SSSR count). The summed E-state index contributed by atoms with van der Waals surface area (Å²) in [6.07, 6.45) is 9.65. The fraction of sp³-hybridized carbons (Fsp3) is 1.00. The first kappa shape index (κ1) is 15.8. The smallest absolute Gasteiger partial charge is 0.0362 e. The first-order valence-corrected chi connectivity index (χ1v) is 9.25. The summed E-state index contributed by atoms with van der Waals surface area (Å²) < 4.78 is 0. The lowest BCUT2D eigenvalue weighted by molar-refractivity contribution is -0.0183. The summed E-state index contributed by atoms with van der Waals surface area (Å²) in [4.78, 5) is 5.51. The predicted octanol–water partition coefficient (Wildman–Crippen LogP) is 2.70. The molecule has 2 N–H and O–H groups in total. The normalized spacial score (nSPS) is 42.4. The van der Waals surface area contributed by atoms with E-state index in [2.05, 4.69) is 30.7 Å². The highest BCUT2D eigenvalue weighted by Crippen LogP contribution is 2.44. The standard InChI is InChI=1S/C18H35N3/c1-14(2)17-6-4-5-10-18(17,13-19)21-11-9-15-7-8-16(12-21)20(15)3/h14-17H,4-13,19H2,1-3H3. The topological polar surface area (TPSA) is 32.5 Å². The third-order valence-corrected chi connectivity index (χ3v) is 7.00. The van der Waals surface area contributed by atoms with Crippen LogP contribution in [0.3, 0.4) is 0 Å². The highest BCUT2D eigenvalue weighted by Gasteiger charge is 2.48. The van der Waals surface area contributed by atoms with Crippen LogP contribution in [0, 0.1) is 11.8 Å². The van der Waals surface area contributed by atoms with Gasteiger partial charge in [0.25, 0.3) is 0 Å². The molecule has 2 heterocycles. The van der Waals surface area contributed by atoms with Gasteiger partial charge in [0.15, 0.2) is 0 Å². The van der Waals surface area contributed by atoms with Crippen molar-refractivity contribution < 1.29 is 0 Å². The van der Waals surface area contributed by atoms with Gasteiger partial charge in [0, 0.05) is 37.3 Å². The van der Waals surface area contributed by atoms with Crippen LogP contribution < -0.4 is 5.73 Å². The van der Waals surface area contributed by atoms with Crippen molar-refractivity contribution in [2.75, 3.05) is 26.7 Å². The lowest BCUT2D eigenvalue weighted by Crippen LogP contribution is -2.62. The number of likely N-dealkylation sites (N-methyl/N-ethyl adjacent to an activating group) is 1. The Bertz CT molecular complexity index is 356. The lowest BCUT2D eigenvalue weighted by atomic mass is 9.66. The van der Waals surface area contributed by atoms with Gasteiger partial charge < -0.3 is 5.73 Å². The van der Waals surface area contributed by atoms with Gasteiger partial charge in [-0.15, -0.1) is 0 Å². The van der Waals surface area contributed by atoms with Crippen LogP contribution in [-0.2, 0) is 0 Å². The Labute approximate surface area is 131 Å². The number of hydrogen-bond acceptors (Lipinski definition) is 3. The molecule has 3 aliphatic rings. The van der Waals surface area contributed by atoms with Crippen LogP contribution in [0.15, 0.2) is 0 Å². The van der Waals surface area contributed by atoms with Crippen molar-refractivity contribution in [1.29, 1.82) is 0 Å². The molecule has 2 aliphatic heterocycles. The summed E-state index contributed by atoms with van der Waals surface area (Å²) in [6, 6.07) is 1.60. The minimum absolute atomic E-state index is 0.289. The van der Waals surface area contributed by atoms with Crippen molar-refractivity contribution in [3.8, 4) is 0 Å². The van der Waals surface area contributed by atoms with Crippen molar-refractivity contribution in [2.45, 2.75) is 76.4 Å². The zero-order chi connectivity index (χ0) is 15.0. The van der Waals surface area contributed by atoms with Gasteiger partial charge in [-0.3, -0.25) is 9.80 Å². The largest absolute Gasteiger partial charge is 0.329 e. The van der Waals surface area contributed by atoms with E-state index in [1.54, 1.807) is 0 Å². The van der Waals surface area contributed by atoms with Gasteiger partial charge in [0.1, 0.15) is 0 Å². The Balaban J connectivity index is 1.84. The molecule has 2 saturated heterocycles. The minimum Gasteiger partial charge on any atom is -0.329 e. The number of rotatable bonds is 3. The van der Waals surface area contributed by atoms with Gasteiger partial charge >= 0.3 is 0 Å². The minimum atomic E-state index is 0.289. The Morgan fingerprint density at radius 3 is 2.57 bits per heavy atom. The molecule has 21 heavy (non-hydrogen) atoms. The van der Waals surface area contributed by atoms with E-state index >= 15 is 0 Å². The number of nitrogens with two attached hydrogens (primary N) is 1. The summed E-state index contributed by atoms with van der Waals surface area (Å²) >= 11 is 0. The van der Waals surface area contributed by atoms with Crippen LogP contribution in [0.1, 0.15) is 58.8 Å². The summed E-state index contributed by atoms with van der Waals surface area (Å²) in [7, 11) is 2.35. The first-order valence-electron chi connectivity index (χ1n) is 9.25. The van der Waals surface area contributed by atoms with E-state index in [4.69, 9.17) is 5.73 Å². The second kappa shape index (κ2) is 6.17. The van der Waals surface area contributed by atoms with E-state index in [0.29, 0.717) is 0 Å². The van der Waals surface area contributed by atoms with Crippen LogP contribution in [0.5, 0.6) is 0 Å². The summed E-state index contributed by atoms with van der Waals surface area (Å²) in [6.45, 7) is 8.21. The SMILES string of the molecule is CC(C)C1CCCCC1(CN)N1CCC2CCC(C1)N2C. The van der Waals surface area contributed by atoms with E-state index in [0.717, 1.165) is 30.5 Å². The summed E-state index contributed by atoms with van der Waals surface area (Å²) in [5.41, 5.74) is 6.72. The first-order chi connectivity index (χ1) is 10.1. The maximum absolute atomic E-state index is 6.43. The van der Waals surface area contributed by atoms with Crippen LogP contribution in [-0.4, -0.2) is 54.1 Å². The third-order valence-electron chi connectivity index (χ3n) is 7.00. The van der Waals surface area contributed by atoms with Crippen LogP contribution >= 0.6 is 0 Å². The maximum Gasteiger partial charge on any atom is 0.0362 e. The third kappa shape index (κ3) is 2.66. The van der Waals surface area contributed by atoms with Gasteiger partial charge in [0.2, 0.25) is 0 Å². The number of likely N-dealkylation sites (tertiary alicyclic amines) is 1. The maximum atomic E-state index is 6.43. The van der Waals surface area contributed by atoms with Crippen molar-refractivity contribution in [2.24, 2.45) is 17.6 Å². The average molecular weight is 293 g/mol. The molecule has 4 atom stereocenters. The Kier molecular flexibility index (Phi) is 4.63. The molecule has 122 valence electrons. The molecule has 0 radical (unpaired) electrons. The predicted molar refractivity (Wildman–Crippen MR) is 89.3 cm³/mol. The molecule has 0 amide bonds. The van der Waals surface area contributed by atoms with Crippen LogP contribution in [0.25, 0.3) is 0 Å². The number of hydrogen-bond donors (Lipinski definition) is 1. The molecule has 0 aromatic heterocycles. The molecular formula is C18H35N3. The molecule has 3 nitrogen and oxygen atoms in total. The monoisotopic (exact) mass is 293 g/mol. The van der Waals surface area contributed by atoms with Gasteiger partial charge in [0.05, 0.1) is 0 Å².